The minimum Gasteiger partial charge on any atom is -0.366 e. The largest absolute Gasteiger partial charge is 0.366 e. The first-order chi connectivity index (χ1) is 9.51. The Morgan fingerprint density at radius 3 is 2.85 bits per heavy atom. The summed E-state index contributed by atoms with van der Waals surface area (Å²) in [5.41, 5.74) is 1.38. The lowest BCUT2D eigenvalue weighted by molar-refractivity contribution is -0.385. The molecule has 2 heterocycles. The third kappa shape index (κ3) is 2.72. The van der Waals surface area contributed by atoms with E-state index >= 15 is 0 Å². The fraction of sp³-hybridized carbons (Fsp3) is 0.250. The maximum atomic E-state index is 10.7. The molecule has 2 rings (SSSR count). The normalized spacial score (nSPS) is 10.1. The number of pyridine rings is 1. The maximum Gasteiger partial charge on any atom is 0.305 e. The molecular weight excluding hydrogens is 260 g/mol. The van der Waals surface area contributed by atoms with E-state index in [2.05, 4.69) is 15.4 Å². The molecule has 0 amide bonds. The highest BCUT2D eigenvalue weighted by Crippen LogP contribution is 2.18. The molecule has 0 saturated carbocycles. The minimum atomic E-state index is -0.624. The Balaban J connectivity index is 2.17. The Bertz CT molecular complexity index is 700. The number of hydrogen-bond donors (Lipinski definition) is 1. The van der Waals surface area contributed by atoms with Crippen LogP contribution in [0.2, 0.25) is 0 Å². The Morgan fingerprint density at radius 2 is 2.30 bits per heavy atom. The van der Waals surface area contributed by atoms with Crippen molar-refractivity contribution in [1.82, 2.24) is 14.8 Å². The van der Waals surface area contributed by atoms with E-state index in [0.29, 0.717) is 12.4 Å². The van der Waals surface area contributed by atoms with Crippen LogP contribution in [-0.2, 0) is 13.6 Å². The van der Waals surface area contributed by atoms with Crippen molar-refractivity contribution in [3.05, 3.63) is 45.4 Å². The summed E-state index contributed by atoms with van der Waals surface area (Å²) < 4.78 is 1.70. The topological polar surface area (TPSA) is 110 Å². The first-order valence-electron chi connectivity index (χ1n) is 5.80. The molecule has 0 aliphatic heterocycles. The van der Waals surface area contributed by atoms with E-state index in [1.807, 2.05) is 20.2 Å². The zero-order valence-electron chi connectivity index (χ0n) is 11.0. The average molecular weight is 272 g/mol. The summed E-state index contributed by atoms with van der Waals surface area (Å²) >= 11 is 0. The first-order valence-corrected chi connectivity index (χ1v) is 5.80. The van der Waals surface area contributed by atoms with Crippen LogP contribution in [0.3, 0.4) is 0 Å². The number of nitrogens with one attached hydrogen (secondary N) is 1. The average Bonchev–Trinajstić information content (AvgIpc) is 2.74. The van der Waals surface area contributed by atoms with E-state index in [-0.39, 0.29) is 11.4 Å². The van der Waals surface area contributed by atoms with E-state index in [0.717, 1.165) is 11.3 Å². The van der Waals surface area contributed by atoms with Crippen LogP contribution in [0, 0.1) is 28.4 Å². The van der Waals surface area contributed by atoms with Gasteiger partial charge in [-0.1, -0.05) is 0 Å². The minimum absolute atomic E-state index is 0.206. The molecule has 2 aromatic heterocycles. The van der Waals surface area contributed by atoms with Crippen molar-refractivity contribution in [3.63, 3.8) is 0 Å². The van der Waals surface area contributed by atoms with Crippen LogP contribution in [-0.4, -0.2) is 19.7 Å². The van der Waals surface area contributed by atoms with E-state index in [9.17, 15) is 10.1 Å². The van der Waals surface area contributed by atoms with Crippen molar-refractivity contribution in [1.29, 1.82) is 5.26 Å². The van der Waals surface area contributed by atoms with Crippen molar-refractivity contribution < 1.29 is 4.92 Å². The van der Waals surface area contributed by atoms with Gasteiger partial charge in [0.05, 0.1) is 10.6 Å². The summed E-state index contributed by atoms with van der Waals surface area (Å²) in [6.45, 7) is 2.37. The summed E-state index contributed by atoms with van der Waals surface area (Å²) in [6.07, 6.45) is 1.87. The molecule has 0 atom stereocenters. The molecule has 0 fully saturated rings. The van der Waals surface area contributed by atoms with Crippen molar-refractivity contribution in [2.45, 2.75) is 13.5 Å². The molecule has 0 aliphatic carbocycles. The molecule has 0 aromatic carbocycles. The van der Waals surface area contributed by atoms with Gasteiger partial charge < -0.3 is 5.32 Å². The molecule has 1 N–H and O–H groups in total. The van der Waals surface area contributed by atoms with Gasteiger partial charge in [0, 0.05) is 31.4 Å². The van der Waals surface area contributed by atoms with Crippen LogP contribution in [0.4, 0.5) is 11.5 Å². The summed E-state index contributed by atoms with van der Waals surface area (Å²) in [6, 6.07) is 4.47. The molecule has 0 spiro atoms. The number of aryl methyl sites for hydroxylation is 2. The molecule has 0 saturated heterocycles. The van der Waals surface area contributed by atoms with Crippen molar-refractivity contribution >= 4 is 11.5 Å². The second kappa shape index (κ2) is 5.36. The number of anilines is 1. The van der Waals surface area contributed by atoms with Gasteiger partial charge in [-0.05, 0) is 13.0 Å². The monoisotopic (exact) mass is 272 g/mol. The number of rotatable bonds is 4. The van der Waals surface area contributed by atoms with Gasteiger partial charge in [-0.15, -0.1) is 0 Å². The highest BCUT2D eigenvalue weighted by Gasteiger charge is 2.15. The zero-order valence-corrected chi connectivity index (χ0v) is 11.0. The Hall–Kier alpha value is -2.95. The van der Waals surface area contributed by atoms with Crippen LogP contribution >= 0.6 is 0 Å². The van der Waals surface area contributed by atoms with Crippen LogP contribution in [0.25, 0.3) is 0 Å². The molecule has 8 heteroatoms. The Morgan fingerprint density at radius 1 is 1.55 bits per heavy atom. The predicted molar refractivity (Wildman–Crippen MR) is 70.9 cm³/mol. The van der Waals surface area contributed by atoms with E-state index < -0.39 is 4.92 Å². The molecule has 0 aliphatic rings. The molecule has 2 aromatic rings. The number of nitriles is 1. The molecular formula is C12H12N6O2. The summed E-state index contributed by atoms with van der Waals surface area (Å²) in [5, 5.41) is 26.8. The smallest absolute Gasteiger partial charge is 0.305 e. The van der Waals surface area contributed by atoms with Gasteiger partial charge in [-0.2, -0.15) is 10.4 Å². The van der Waals surface area contributed by atoms with E-state index in [1.54, 1.807) is 10.8 Å². The second-order valence-corrected chi connectivity index (χ2v) is 4.20. The fourth-order valence-corrected chi connectivity index (χ4v) is 1.79. The van der Waals surface area contributed by atoms with Gasteiger partial charge in [0.1, 0.15) is 11.9 Å². The van der Waals surface area contributed by atoms with Crippen LogP contribution in [0.15, 0.2) is 18.3 Å². The van der Waals surface area contributed by atoms with Crippen molar-refractivity contribution in [3.8, 4) is 6.07 Å². The Labute approximate surface area is 114 Å². The van der Waals surface area contributed by atoms with Gasteiger partial charge in [0.2, 0.25) is 5.69 Å². The van der Waals surface area contributed by atoms with Crippen LogP contribution in [0.1, 0.15) is 17.0 Å². The summed E-state index contributed by atoms with van der Waals surface area (Å²) in [5.74, 6) is 0.412. The quantitative estimate of drug-likeness (QED) is 0.667. The van der Waals surface area contributed by atoms with E-state index in [1.165, 1.54) is 12.1 Å². The summed E-state index contributed by atoms with van der Waals surface area (Å²) in [7, 11) is 1.83. The molecule has 20 heavy (non-hydrogen) atoms. The molecule has 0 bridgehead atoms. The highest BCUT2D eigenvalue weighted by molar-refractivity contribution is 5.50. The third-order valence-electron chi connectivity index (χ3n) is 2.75. The lowest BCUT2D eigenvalue weighted by Crippen LogP contribution is -2.04. The molecule has 102 valence electrons. The fourth-order valence-electron chi connectivity index (χ4n) is 1.79. The van der Waals surface area contributed by atoms with Crippen LogP contribution < -0.4 is 5.32 Å². The van der Waals surface area contributed by atoms with Gasteiger partial charge in [0.25, 0.3) is 0 Å². The van der Waals surface area contributed by atoms with E-state index in [4.69, 9.17) is 5.26 Å². The Kier molecular flexibility index (Phi) is 3.61. The standard InChI is InChI=1S/C12H12N6O2/c1-8-9(7-17(2)16-8)6-14-12-4-3-11(18(19)20)10(5-13)15-12/h3-4,7H,6H2,1-2H3,(H,14,15). The lowest BCUT2D eigenvalue weighted by Gasteiger charge is -2.04. The number of nitro groups is 1. The molecule has 8 nitrogen and oxygen atoms in total. The SMILES string of the molecule is Cc1nn(C)cc1CNc1ccc([N+](=O)[O-])c(C#N)n1. The number of aromatic nitrogens is 3. The zero-order chi connectivity index (χ0) is 14.7. The molecule has 0 unspecified atom stereocenters. The van der Waals surface area contributed by atoms with Gasteiger partial charge in [-0.3, -0.25) is 14.8 Å². The van der Waals surface area contributed by atoms with Gasteiger partial charge in [-0.25, -0.2) is 4.98 Å². The van der Waals surface area contributed by atoms with Crippen molar-refractivity contribution in [2.75, 3.05) is 5.32 Å². The lowest BCUT2D eigenvalue weighted by atomic mass is 10.2. The van der Waals surface area contributed by atoms with Crippen LogP contribution in [0.5, 0.6) is 0 Å². The molecule has 0 radical (unpaired) electrons. The predicted octanol–water partition coefficient (Wildman–Crippen LogP) is 1.52. The number of nitrogens with zero attached hydrogens (tertiary/aromatic N) is 5. The highest BCUT2D eigenvalue weighted by atomic mass is 16.6. The number of hydrogen-bond acceptors (Lipinski definition) is 6. The third-order valence-corrected chi connectivity index (χ3v) is 2.75. The van der Waals surface area contributed by atoms with Crippen molar-refractivity contribution in [2.24, 2.45) is 7.05 Å². The first kappa shape index (κ1) is 13.5. The second-order valence-electron chi connectivity index (χ2n) is 4.20. The van der Waals surface area contributed by atoms with Gasteiger partial charge >= 0.3 is 5.69 Å². The summed E-state index contributed by atoms with van der Waals surface area (Å²) in [4.78, 5) is 14.0. The maximum absolute atomic E-state index is 10.7. The van der Waals surface area contributed by atoms with Gasteiger partial charge in [0.15, 0.2) is 0 Å².